The standard InChI is InChI=1S/C14H20N2O4/c1-12(2)9-8-14(5)13(3,4)20-11(18)16(14)7-6-15(9)10(17)19-12/h8H,6-7H2,1-5H3. The minimum absolute atomic E-state index is 0.332. The summed E-state index contributed by atoms with van der Waals surface area (Å²) in [6.45, 7) is 10.3. The fourth-order valence-corrected chi connectivity index (χ4v) is 3.15. The summed E-state index contributed by atoms with van der Waals surface area (Å²) in [7, 11) is 0. The number of rotatable bonds is 0. The summed E-state index contributed by atoms with van der Waals surface area (Å²) < 4.78 is 10.9. The van der Waals surface area contributed by atoms with Gasteiger partial charge in [-0.1, -0.05) is 0 Å². The Balaban J connectivity index is 2.16. The molecule has 2 fully saturated rings. The van der Waals surface area contributed by atoms with Crippen molar-refractivity contribution >= 4 is 12.2 Å². The quantitative estimate of drug-likeness (QED) is 0.682. The van der Waals surface area contributed by atoms with Crippen LogP contribution in [0.25, 0.3) is 0 Å². The van der Waals surface area contributed by atoms with Gasteiger partial charge in [0.2, 0.25) is 0 Å². The van der Waals surface area contributed by atoms with Crippen LogP contribution < -0.4 is 0 Å². The average molecular weight is 280 g/mol. The highest BCUT2D eigenvalue weighted by Gasteiger charge is 2.59. The van der Waals surface area contributed by atoms with Crippen LogP contribution in [0.5, 0.6) is 0 Å². The van der Waals surface area contributed by atoms with Crippen LogP contribution in [0.15, 0.2) is 11.8 Å². The second kappa shape index (κ2) is 3.48. The zero-order valence-corrected chi connectivity index (χ0v) is 12.5. The second-order valence-electron chi connectivity index (χ2n) is 6.74. The van der Waals surface area contributed by atoms with E-state index in [4.69, 9.17) is 9.47 Å². The van der Waals surface area contributed by atoms with Crippen LogP contribution in [0.2, 0.25) is 0 Å². The number of nitrogens with zero attached hydrogens (tertiary/aromatic N) is 2. The van der Waals surface area contributed by atoms with Gasteiger partial charge in [0, 0.05) is 13.1 Å². The molecule has 20 heavy (non-hydrogen) atoms. The average Bonchev–Trinajstić information content (AvgIpc) is 2.52. The molecular weight excluding hydrogens is 260 g/mol. The van der Waals surface area contributed by atoms with Gasteiger partial charge >= 0.3 is 12.2 Å². The molecule has 3 heterocycles. The lowest BCUT2D eigenvalue weighted by atomic mass is 9.81. The topological polar surface area (TPSA) is 59.1 Å². The zero-order valence-electron chi connectivity index (χ0n) is 12.5. The van der Waals surface area contributed by atoms with Gasteiger partial charge in [-0.05, 0) is 40.7 Å². The van der Waals surface area contributed by atoms with Gasteiger partial charge in [-0.2, -0.15) is 0 Å². The van der Waals surface area contributed by atoms with Gasteiger partial charge in [0.1, 0.15) is 16.7 Å². The number of amides is 2. The lowest BCUT2D eigenvalue weighted by Gasteiger charge is -2.37. The fraction of sp³-hybridized carbons (Fsp3) is 0.714. The molecule has 2 saturated heterocycles. The van der Waals surface area contributed by atoms with Crippen molar-refractivity contribution in [3.8, 4) is 0 Å². The maximum absolute atomic E-state index is 12.1. The first-order valence-corrected chi connectivity index (χ1v) is 6.83. The number of hydrogen-bond acceptors (Lipinski definition) is 4. The van der Waals surface area contributed by atoms with E-state index in [0.29, 0.717) is 13.1 Å². The maximum Gasteiger partial charge on any atom is 0.415 e. The molecule has 0 aromatic carbocycles. The van der Waals surface area contributed by atoms with Crippen molar-refractivity contribution in [1.29, 1.82) is 0 Å². The van der Waals surface area contributed by atoms with Gasteiger partial charge in [0.15, 0.2) is 0 Å². The summed E-state index contributed by atoms with van der Waals surface area (Å²) in [6, 6.07) is 0. The molecule has 3 rings (SSSR count). The molecule has 110 valence electrons. The minimum Gasteiger partial charge on any atom is -0.441 e. The minimum atomic E-state index is -0.683. The predicted octanol–water partition coefficient (Wildman–Crippen LogP) is 2.10. The molecule has 3 aliphatic rings. The van der Waals surface area contributed by atoms with E-state index >= 15 is 0 Å². The molecule has 3 aliphatic heterocycles. The number of carbonyl (C=O) groups is 2. The van der Waals surface area contributed by atoms with Gasteiger partial charge < -0.3 is 9.47 Å². The van der Waals surface area contributed by atoms with Crippen LogP contribution in [0.4, 0.5) is 9.59 Å². The van der Waals surface area contributed by atoms with E-state index in [0.717, 1.165) is 5.70 Å². The molecule has 1 unspecified atom stereocenters. The van der Waals surface area contributed by atoms with Crippen LogP contribution in [-0.4, -0.2) is 51.8 Å². The van der Waals surface area contributed by atoms with E-state index < -0.39 is 16.7 Å². The monoisotopic (exact) mass is 280 g/mol. The van der Waals surface area contributed by atoms with Gasteiger partial charge in [-0.25, -0.2) is 9.59 Å². The summed E-state index contributed by atoms with van der Waals surface area (Å²) in [5, 5.41) is 0. The molecule has 0 aromatic rings. The van der Waals surface area contributed by atoms with Crippen molar-refractivity contribution in [2.45, 2.75) is 51.4 Å². The summed E-state index contributed by atoms with van der Waals surface area (Å²) in [5.41, 5.74) is -1.13. The molecule has 0 aliphatic carbocycles. The molecule has 6 nitrogen and oxygen atoms in total. The SMILES string of the molecule is CC1(C)OC(=O)N2CCN3C(=O)OC(C)(C)C3(C)C=C21. The van der Waals surface area contributed by atoms with E-state index in [2.05, 4.69) is 0 Å². The van der Waals surface area contributed by atoms with Crippen LogP contribution in [0, 0.1) is 0 Å². The second-order valence-corrected chi connectivity index (χ2v) is 6.74. The van der Waals surface area contributed by atoms with E-state index in [1.807, 2.05) is 40.7 Å². The summed E-state index contributed by atoms with van der Waals surface area (Å²) in [5.74, 6) is 0. The van der Waals surface area contributed by atoms with Crippen molar-refractivity contribution < 1.29 is 19.1 Å². The Morgan fingerprint density at radius 2 is 1.65 bits per heavy atom. The molecule has 0 bridgehead atoms. The molecule has 1 atom stereocenters. The fourth-order valence-electron chi connectivity index (χ4n) is 3.15. The number of hydrogen-bond donors (Lipinski definition) is 0. The lowest BCUT2D eigenvalue weighted by Crippen LogP contribution is -2.52. The van der Waals surface area contributed by atoms with Crippen molar-refractivity contribution in [1.82, 2.24) is 9.80 Å². The Kier molecular flexibility index (Phi) is 2.31. The third kappa shape index (κ3) is 1.45. The van der Waals surface area contributed by atoms with E-state index in [9.17, 15) is 9.59 Å². The van der Waals surface area contributed by atoms with E-state index in [-0.39, 0.29) is 12.2 Å². The normalized spacial score (nSPS) is 34.0. The van der Waals surface area contributed by atoms with Crippen LogP contribution in [-0.2, 0) is 9.47 Å². The summed E-state index contributed by atoms with van der Waals surface area (Å²) in [6.07, 6.45) is 1.27. The number of carbonyl (C=O) groups excluding carboxylic acids is 2. The van der Waals surface area contributed by atoms with Gasteiger partial charge in [0.05, 0.1) is 5.70 Å². The Morgan fingerprint density at radius 3 is 2.30 bits per heavy atom. The Hall–Kier alpha value is -1.72. The number of ether oxygens (including phenoxy) is 2. The van der Waals surface area contributed by atoms with Crippen molar-refractivity contribution in [3.63, 3.8) is 0 Å². The van der Waals surface area contributed by atoms with Crippen LogP contribution >= 0.6 is 0 Å². The first-order valence-electron chi connectivity index (χ1n) is 6.83. The third-order valence-electron chi connectivity index (χ3n) is 4.78. The van der Waals surface area contributed by atoms with Crippen molar-refractivity contribution in [2.75, 3.05) is 13.1 Å². The molecule has 2 amide bonds. The summed E-state index contributed by atoms with van der Waals surface area (Å²) >= 11 is 0. The third-order valence-corrected chi connectivity index (χ3v) is 4.78. The van der Waals surface area contributed by atoms with Crippen LogP contribution in [0.1, 0.15) is 34.6 Å². The predicted molar refractivity (Wildman–Crippen MR) is 71.0 cm³/mol. The van der Waals surface area contributed by atoms with Gasteiger partial charge in [-0.3, -0.25) is 9.80 Å². The first-order chi connectivity index (χ1) is 9.08. The van der Waals surface area contributed by atoms with Gasteiger partial charge in [0.25, 0.3) is 0 Å². The van der Waals surface area contributed by atoms with Crippen LogP contribution in [0.3, 0.4) is 0 Å². The highest BCUT2D eigenvalue weighted by Crippen LogP contribution is 2.45. The van der Waals surface area contributed by atoms with Crippen molar-refractivity contribution in [3.05, 3.63) is 11.8 Å². The Bertz CT molecular complexity index is 537. The molecule has 0 saturated carbocycles. The molecule has 6 heteroatoms. The van der Waals surface area contributed by atoms with E-state index in [1.165, 1.54) is 0 Å². The number of cyclic esters (lactones) is 2. The molecule has 0 spiro atoms. The Morgan fingerprint density at radius 1 is 1.00 bits per heavy atom. The van der Waals surface area contributed by atoms with E-state index in [1.54, 1.807) is 9.80 Å². The molecule has 0 aromatic heterocycles. The molecule has 0 N–H and O–H groups in total. The number of fused-ring (bicyclic) bond motifs is 2. The Labute approximate surface area is 118 Å². The zero-order chi connectivity index (χ0) is 14.9. The molecular formula is C14H20N2O4. The molecule has 0 radical (unpaired) electrons. The summed E-state index contributed by atoms with van der Waals surface area (Å²) in [4.78, 5) is 27.4. The van der Waals surface area contributed by atoms with Crippen molar-refractivity contribution in [2.24, 2.45) is 0 Å². The smallest absolute Gasteiger partial charge is 0.415 e. The lowest BCUT2D eigenvalue weighted by molar-refractivity contribution is 0.0467. The first kappa shape index (κ1) is 13.3. The van der Waals surface area contributed by atoms with Gasteiger partial charge in [-0.15, -0.1) is 0 Å². The maximum atomic E-state index is 12.1. The highest BCUT2D eigenvalue weighted by molar-refractivity contribution is 5.77. The largest absolute Gasteiger partial charge is 0.441 e. The highest BCUT2D eigenvalue weighted by atomic mass is 16.6.